The lowest BCUT2D eigenvalue weighted by molar-refractivity contribution is 0.0934. The highest BCUT2D eigenvalue weighted by atomic mass is 16.1. The lowest BCUT2D eigenvalue weighted by atomic mass is 10.1. The lowest BCUT2D eigenvalue weighted by Gasteiger charge is -2.33. The monoisotopic (exact) mass is 336 g/mol. The smallest absolute Gasteiger partial charge is 0.255 e. The van der Waals surface area contributed by atoms with Crippen molar-refractivity contribution in [1.82, 2.24) is 25.1 Å². The van der Waals surface area contributed by atoms with Gasteiger partial charge < -0.3 is 10.2 Å². The molecule has 1 fully saturated rings. The maximum Gasteiger partial charge on any atom is 0.255 e. The van der Waals surface area contributed by atoms with Crippen molar-refractivity contribution in [3.8, 4) is 0 Å². The second-order valence-electron chi connectivity index (χ2n) is 6.38. The number of hydrogen-bond acceptors (Lipinski definition) is 5. The first-order valence-electron chi connectivity index (χ1n) is 8.49. The van der Waals surface area contributed by atoms with Gasteiger partial charge in [-0.3, -0.25) is 4.79 Å². The fourth-order valence-corrected chi connectivity index (χ4v) is 3.24. The summed E-state index contributed by atoms with van der Waals surface area (Å²) in [5, 5.41) is 15.8. The molecule has 0 aliphatic carbocycles. The molecule has 4 rings (SSSR count). The highest BCUT2D eigenvalue weighted by Crippen LogP contribution is 2.18. The number of aryl methyl sites for hydroxylation is 1. The van der Waals surface area contributed by atoms with Crippen LogP contribution in [0.3, 0.4) is 0 Å². The molecule has 0 saturated carbocycles. The zero-order valence-electron chi connectivity index (χ0n) is 14.1. The van der Waals surface area contributed by atoms with Crippen LogP contribution in [0.4, 0.5) is 5.82 Å². The summed E-state index contributed by atoms with van der Waals surface area (Å²) in [5.41, 5.74) is 2.32. The fraction of sp³-hybridized carbons (Fsp3) is 0.333. The molecule has 3 aromatic heterocycles. The van der Waals surface area contributed by atoms with Crippen molar-refractivity contribution in [2.45, 2.75) is 25.8 Å². The number of pyridine rings is 1. The molecule has 1 amide bonds. The van der Waals surface area contributed by atoms with Gasteiger partial charge in [0, 0.05) is 25.3 Å². The van der Waals surface area contributed by atoms with Crippen LogP contribution in [-0.4, -0.2) is 44.8 Å². The Bertz CT molecular complexity index is 888. The van der Waals surface area contributed by atoms with E-state index in [1.165, 1.54) is 0 Å². The molecule has 1 saturated heterocycles. The molecule has 1 N–H and O–H groups in total. The molecule has 1 aliphatic heterocycles. The van der Waals surface area contributed by atoms with Crippen molar-refractivity contribution in [3.63, 3.8) is 0 Å². The van der Waals surface area contributed by atoms with E-state index in [0.29, 0.717) is 5.56 Å². The summed E-state index contributed by atoms with van der Waals surface area (Å²) in [4.78, 5) is 14.8. The summed E-state index contributed by atoms with van der Waals surface area (Å²) in [5.74, 6) is 0.781. The van der Waals surface area contributed by atoms with Crippen molar-refractivity contribution in [2.24, 2.45) is 0 Å². The number of amides is 1. The number of nitrogens with zero attached hydrogens (tertiary/aromatic N) is 5. The topological polar surface area (TPSA) is 75.4 Å². The van der Waals surface area contributed by atoms with Crippen molar-refractivity contribution >= 4 is 17.2 Å². The Balaban J connectivity index is 1.47. The number of rotatable bonds is 3. The highest BCUT2D eigenvalue weighted by Gasteiger charge is 2.24. The van der Waals surface area contributed by atoms with Crippen LogP contribution in [-0.2, 0) is 0 Å². The predicted molar refractivity (Wildman–Crippen MR) is 94.7 cm³/mol. The van der Waals surface area contributed by atoms with E-state index in [0.717, 1.165) is 43.0 Å². The summed E-state index contributed by atoms with van der Waals surface area (Å²) in [6, 6.07) is 9.73. The van der Waals surface area contributed by atoms with E-state index >= 15 is 0 Å². The standard InChI is InChI=1S/C18H20N6O/c1-13-7-8-17(22-21-13)23-9-4-5-14(12-23)20-18(25)15-11-19-24-10-3-2-6-16(15)24/h2-3,6-8,10-11,14H,4-5,9,12H2,1H3,(H,20,25). The number of nitrogens with one attached hydrogen (secondary N) is 1. The number of fused-ring (bicyclic) bond motifs is 1. The van der Waals surface area contributed by atoms with Crippen LogP contribution >= 0.6 is 0 Å². The van der Waals surface area contributed by atoms with Gasteiger partial charge in [-0.05, 0) is 44.0 Å². The number of piperidine rings is 1. The molecule has 3 aromatic rings. The van der Waals surface area contributed by atoms with E-state index in [1.807, 2.05) is 43.5 Å². The number of carbonyl (C=O) groups excluding carboxylic acids is 1. The Hall–Kier alpha value is -2.96. The second kappa shape index (κ2) is 6.51. The summed E-state index contributed by atoms with van der Waals surface area (Å²) in [7, 11) is 0. The third kappa shape index (κ3) is 3.17. The van der Waals surface area contributed by atoms with E-state index in [4.69, 9.17) is 0 Å². The largest absolute Gasteiger partial charge is 0.353 e. The van der Waals surface area contributed by atoms with Gasteiger partial charge in [-0.2, -0.15) is 10.2 Å². The minimum absolute atomic E-state index is 0.0805. The molecule has 4 heterocycles. The van der Waals surface area contributed by atoms with Gasteiger partial charge in [0.2, 0.25) is 0 Å². The fourth-order valence-electron chi connectivity index (χ4n) is 3.24. The van der Waals surface area contributed by atoms with Gasteiger partial charge in [-0.25, -0.2) is 4.52 Å². The third-order valence-corrected chi connectivity index (χ3v) is 4.54. The summed E-state index contributed by atoms with van der Waals surface area (Å²) >= 11 is 0. The van der Waals surface area contributed by atoms with Gasteiger partial charge in [-0.15, -0.1) is 5.10 Å². The molecule has 0 bridgehead atoms. The van der Waals surface area contributed by atoms with Crippen molar-refractivity contribution in [2.75, 3.05) is 18.0 Å². The van der Waals surface area contributed by atoms with Crippen LogP contribution in [0.2, 0.25) is 0 Å². The van der Waals surface area contributed by atoms with Crippen molar-refractivity contribution in [3.05, 3.63) is 54.0 Å². The molecular weight excluding hydrogens is 316 g/mol. The van der Waals surface area contributed by atoms with E-state index in [9.17, 15) is 4.79 Å². The quantitative estimate of drug-likeness (QED) is 0.790. The van der Waals surface area contributed by atoms with Gasteiger partial charge >= 0.3 is 0 Å². The van der Waals surface area contributed by atoms with Crippen LogP contribution in [0, 0.1) is 6.92 Å². The van der Waals surface area contributed by atoms with Crippen LogP contribution in [0.1, 0.15) is 28.9 Å². The number of aromatic nitrogens is 4. The maximum atomic E-state index is 12.7. The molecule has 1 atom stereocenters. The molecule has 1 aliphatic rings. The van der Waals surface area contributed by atoms with Crippen LogP contribution in [0.5, 0.6) is 0 Å². The molecular formula is C18H20N6O. The lowest BCUT2D eigenvalue weighted by Crippen LogP contribution is -2.48. The molecule has 128 valence electrons. The average Bonchev–Trinajstić information content (AvgIpc) is 3.07. The van der Waals surface area contributed by atoms with Crippen molar-refractivity contribution in [1.29, 1.82) is 0 Å². The Kier molecular flexibility index (Phi) is 4.05. The third-order valence-electron chi connectivity index (χ3n) is 4.54. The SMILES string of the molecule is Cc1ccc(N2CCCC(NC(=O)c3cnn4ccccc34)C2)nn1. The van der Waals surface area contributed by atoms with Crippen molar-refractivity contribution < 1.29 is 4.79 Å². The van der Waals surface area contributed by atoms with E-state index in [-0.39, 0.29) is 11.9 Å². The molecule has 7 heteroatoms. The highest BCUT2D eigenvalue weighted by molar-refractivity contribution is 6.00. The molecule has 1 unspecified atom stereocenters. The van der Waals surface area contributed by atoms with Gasteiger partial charge in [0.05, 0.1) is 23.0 Å². The maximum absolute atomic E-state index is 12.7. The molecule has 7 nitrogen and oxygen atoms in total. The molecule has 0 radical (unpaired) electrons. The first-order chi connectivity index (χ1) is 12.2. The minimum atomic E-state index is -0.0805. The predicted octanol–water partition coefficient (Wildman–Crippen LogP) is 1.83. The summed E-state index contributed by atoms with van der Waals surface area (Å²) in [6.07, 6.45) is 5.43. The second-order valence-corrected chi connectivity index (χ2v) is 6.38. The van der Waals surface area contributed by atoms with E-state index < -0.39 is 0 Å². The molecule has 0 spiro atoms. The Labute approximate surface area is 145 Å². The first kappa shape index (κ1) is 15.6. The zero-order chi connectivity index (χ0) is 17.2. The Morgan fingerprint density at radius 1 is 1.24 bits per heavy atom. The van der Waals surface area contributed by atoms with Gasteiger partial charge in [0.25, 0.3) is 5.91 Å². The van der Waals surface area contributed by atoms with Gasteiger partial charge in [0.1, 0.15) is 0 Å². The van der Waals surface area contributed by atoms with Gasteiger partial charge in [-0.1, -0.05) is 6.07 Å². The van der Waals surface area contributed by atoms with E-state index in [2.05, 4.69) is 25.5 Å². The zero-order valence-corrected chi connectivity index (χ0v) is 14.1. The summed E-state index contributed by atoms with van der Waals surface area (Å²) < 4.78 is 1.71. The minimum Gasteiger partial charge on any atom is -0.353 e. The number of hydrogen-bond donors (Lipinski definition) is 1. The van der Waals surface area contributed by atoms with Gasteiger partial charge in [0.15, 0.2) is 5.82 Å². The normalized spacial score (nSPS) is 17.6. The first-order valence-corrected chi connectivity index (χ1v) is 8.49. The summed E-state index contributed by atoms with van der Waals surface area (Å²) in [6.45, 7) is 3.59. The number of anilines is 1. The number of carbonyl (C=O) groups is 1. The van der Waals surface area contributed by atoms with E-state index in [1.54, 1.807) is 10.7 Å². The Morgan fingerprint density at radius 2 is 2.16 bits per heavy atom. The molecule has 0 aromatic carbocycles. The molecule has 25 heavy (non-hydrogen) atoms. The van der Waals surface area contributed by atoms with Crippen LogP contribution in [0.15, 0.2) is 42.7 Å². The van der Waals surface area contributed by atoms with Crippen LogP contribution < -0.4 is 10.2 Å². The average molecular weight is 336 g/mol. The Morgan fingerprint density at radius 3 is 3.00 bits per heavy atom. The van der Waals surface area contributed by atoms with Crippen LogP contribution in [0.25, 0.3) is 5.52 Å².